The fourth-order valence-electron chi connectivity index (χ4n) is 1.60. The van der Waals surface area contributed by atoms with Crippen molar-refractivity contribution in [2.45, 2.75) is 25.0 Å². The minimum absolute atomic E-state index is 0.120. The van der Waals surface area contributed by atoms with Crippen LogP contribution in [0.1, 0.15) is 17.4 Å². The Kier molecular flexibility index (Phi) is 5.33. The third kappa shape index (κ3) is 3.89. The lowest BCUT2D eigenvalue weighted by atomic mass is 10.3. The van der Waals surface area contributed by atoms with Crippen molar-refractivity contribution in [3.05, 3.63) is 32.6 Å². The maximum Gasteiger partial charge on any atom is 0.258 e. The van der Waals surface area contributed by atoms with Gasteiger partial charge in [0.2, 0.25) is 0 Å². The fourth-order valence-corrected chi connectivity index (χ4v) is 4.22. The van der Waals surface area contributed by atoms with E-state index in [4.69, 9.17) is 0 Å². The number of aromatic nitrogens is 2. The second kappa shape index (κ2) is 6.81. The third-order valence-corrected chi connectivity index (χ3v) is 5.68. The van der Waals surface area contributed by atoms with Gasteiger partial charge >= 0.3 is 0 Å². The van der Waals surface area contributed by atoms with Crippen molar-refractivity contribution in [1.29, 1.82) is 0 Å². The summed E-state index contributed by atoms with van der Waals surface area (Å²) in [6, 6.07) is 1.89. The lowest BCUT2D eigenvalue weighted by molar-refractivity contribution is 0.574. The second-order valence-corrected chi connectivity index (χ2v) is 7.68. The van der Waals surface area contributed by atoms with E-state index < -0.39 is 10.0 Å². The number of H-pyrrole nitrogens is 1. The number of rotatable bonds is 7. The van der Waals surface area contributed by atoms with E-state index in [2.05, 4.69) is 36.2 Å². The van der Waals surface area contributed by atoms with Crippen molar-refractivity contribution in [2.24, 2.45) is 0 Å². The number of hydrogen-bond donors (Lipinski definition) is 3. The molecular formula is C11H15BrN4O2S2. The molecule has 0 radical (unpaired) electrons. The predicted octanol–water partition coefficient (Wildman–Crippen LogP) is 1.82. The average molecular weight is 379 g/mol. The van der Waals surface area contributed by atoms with Crippen LogP contribution in [0.15, 0.2) is 27.1 Å². The Balaban J connectivity index is 2.08. The first-order valence-corrected chi connectivity index (χ1v) is 9.14. The lowest BCUT2D eigenvalue weighted by Crippen LogP contribution is -2.25. The van der Waals surface area contributed by atoms with E-state index >= 15 is 0 Å². The van der Waals surface area contributed by atoms with Crippen LogP contribution in [0.4, 0.5) is 0 Å². The maximum atomic E-state index is 12.2. The summed E-state index contributed by atoms with van der Waals surface area (Å²) in [6.07, 6.45) is 1.53. The molecule has 0 amide bonds. The van der Waals surface area contributed by atoms with Gasteiger partial charge in [0, 0.05) is 33.4 Å². The van der Waals surface area contributed by atoms with Crippen LogP contribution in [0.2, 0.25) is 0 Å². The van der Waals surface area contributed by atoms with Gasteiger partial charge in [0.25, 0.3) is 10.0 Å². The molecule has 0 spiro atoms. The first kappa shape index (κ1) is 15.6. The van der Waals surface area contributed by atoms with E-state index in [0.29, 0.717) is 12.1 Å². The normalized spacial score (nSPS) is 11.9. The molecule has 20 heavy (non-hydrogen) atoms. The van der Waals surface area contributed by atoms with Gasteiger partial charge in [-0.25, -0.2) is 13.1 Å². The molecule has 9 heteroatoms. The van der Waals surface area contributed by atoms with Crippen molar-refractivity contribution in [1.82, 2.24) is 20.2 Å². The topological polar surface area (TPSA) is 86.9 Å². The van der Waals surface area contributed by atoms with Gasteiger partial charge in [-0.2, -0.15) is 5.10 Å². The molecule has 0 bridgehead atoms. The van der Waals surface area contributed by atoms with Gasteiger partial charge in [0.1, 0.15) is 0 Å². The number of halogens is 1. The standard InChI is InChI=1S/C11H15BrN4O2S2/c1-2-13-4-8-5-14-16-11(8)20(17,18)15-6-10-3-9(12)7-19-10/h3,5,7,13,15H,2,4,6H2,1H3,(H,14,16). The SMILES string of the molecule is CCNCc1cn[nH]c1S(=O)(=O)NCc1cc(Br)cs1. The van der Waals surface area contributed by atoms with Crippen LogP contribution in [0, 0.1) is 0 Å². The van der Waals surface area contributed by atoms with Crippen molar-refractivity contribution >= 4 is 37.3 Å². The summed E-state index contributed by atoms with van der Waals surface area (Å²) in [5.74, 6) is 0. The lowest BCUT2D eigenvalue weighted by Gasteiger charge is -2.06. The van der Waals surface area contributed by atoms with Gasteiger partial charge in [-0.1, -0.05) is 6.92 Å². The summed E-state index contributed by atoms with van der Waals surface area (Å²) in [6.45, 7) is 3.45. The molecule has 110 valence electrons. The second-order valence-electron chi connectivity index (χ2n) is 4.06. The quantitative estimate of drug-likeness (QED) is 0.685. The molecule has 2 aromatic heterocycles. The minimum atomic E-state index is -3.58. The molecular weight excluding hydrogens is 364 g/mol. The summed E-state index contributed by atoms with van der Waals surface area (Å²) in [5.41, 5.74) is 0.631. The Labute approximate surface area is 130 Å². The Morgan fingerprint density at radius 1 is 1.45 bits per heavy atom. The summed E-state index contributed by atoms with van der Waals surface area (Å²) in [7, 11) is -3.58. The number of sulfonamides is 1. The third-order valence-electron chi connectivity index (χ3n) is 2.57. The van der Waals surface area contributed by atoms with Crippen LogP contribution in [0.3, 0.4) is 0 Å². The van der Waals surface area contributed by atoms with E-state index in [-0.39, 0.29) is 11.6 Å². The summed E-state index contributed by atoms with van der Waals surface area (Å²) in [4.78, 5) is 0.938. The highest BCUT2D eigenvalue weighted by atomic mass is 79.9. The van der Waals surface area contributed by atoms with E-state index in [1.165, 1.54) is 17.5 Å². The molecule has 2 aromatic rings. The van der Waals surface area contributed by atoms with E-state index in [0.717, 1.165) is 15.9 Å². The van der Waals surface area contributed by atoms with Gasteiger partial charge < -0.3 is 5.32 Å². The van der Waals surface area contributed by atoms with Crippen LogP contribution in [-0.4, -0.2) is 25.2 Å². The van der Waals surface area contributed by atoms with Gasteiger partial charge in [-0.15, -0.1) is 11.3 Å². The first-order valence-electron chi connectivity index (χ1n) is 5.98. The highest BCUT2D eigenvalue weighted by Crippen LogP contribution is 2.20. The number of aromatic amines is 1. The molecule has 0 saturated heterocycles. The van der Waals surface area contributed by atoms with Crippen molar-refractivity contribution in [3.8, 4) is 0 Å². The van der Waals surface area contributed by atoms with Crippen LogP contribution < -0.4 is 10.0 Å². The molecule has 6 nitrogen and oxygen atoms in total. The number of hydrogen-bond acceptors (Lipinski definition) is 5. The van der Waals surface area contributed by atoms with Crippen molar-refractivity contribution in [3.63, 3.8) is 0 Å². The van der Waals surface area contributed by atoms with Gasteiger partial charge in [0.05, 0.1) is 6.20 Å². The predicted molar refractivity (Wildman–Crippen MR) is 82.0 cm³/mol. The molecule has 3 N–H and O–H groups in total. The van der Waals surface area contributed by atoms with Crippen LogP contribution in [0.25, 0.3) is 0 Å². The zero-order chi connectivity index (χ0) is 14.6. The van der Waals surface area contributed by atoms with Crippen LogP contribution >= 0.6 is 27.3 Å². The first-order chi connectivity index (χ1) is 9.53. The molecule has 0 aliphatic rings. The molecule has 2 heterocycles. The zero-order valence-corrected chi connectivity index (χ0v) is 14.0. The molecule has 0 aliphatic carbocycles. The molecule has 0 aliphatic heterocycles. The fraction of sp³-hybridized carbons (Fsp3) is 0.364. The van der Waals surface area contributed by atoms with E-state index in [9.17, 15) is 8.42 Å². The Morgan fingerprint density at radius 2 is 2.25 bits per heavy atom. The van der Waals surface area contributed by atoms with Crippen LogP contribution in [0.5, 0.6) is 0 Å². The molecule has 2 rings (SSSR count). The number of nitrogens with zero attached hydrogens (tertiary/aromatic N) is 1. The number of thiophene rings is 1. The monoisotopic (exact) mass is 378 g/mol. The maximum absolute atomic E-state index is 12.2. The van der Waals surface area contributed by atoms with Crippen molar-refractivity contribution < 1.29 is 8.42 Å². The zero-order valence-electron chi connectivity index (χ0n) is 10.8. The Morgan fingerprint density at radius 3 is 2.90 bits per heavy atom. The number of nitrogens with one attached hydrogen (secondary N) is 3. The average Bonchev–Trinajstić information content (AvgIpc) is 3.03. The summed E-state index contributed by atoms with van der Waals surface area (Å²) >= 11 is 4.83. The molecule has 0 saturated carbocycles. The highest BCUT2D eigenvalue weighted by Gasteiger charge is 2.20. The molecule has 0 aromatic carbocycles. The molecule has 0 unspecified atom stereocenters. The molecule has 0 atom stereocenters. The Bertz CT molecular complexity index is 666. The van der Waals surface area contributed by atoms with Gasteiger partial charge in [0.15, 0.2) is 5.03 Å². The largest absolute Gasteiger partial charge is 0.313 e. The highest BCUT2D eigenvalue weighted by molar-refractivity contribution is 9.10. The van der Waals surface area contributed by atoms with E-state index in [1.807, 2.05) is 18.4 Å². The summed E-state index contributed by atoms with van der Waals surface area (Å²) in [5, 5.41) is 11.5. The minimum Gasteiger partial charge on any atom is -0.313 e. The van der Waals surface area contributed by atoms with Crippen LogP contribution in [-0.2, 0) is 23.1 Å². The smallest absolute Gasteiger partial charge is 0.258 e. The molecule has 0 fully saturated rings. The van der Waals surface area contributed by atoms with Crippen molar-refractivity contribution in [2.75, 3.05) is 6.54 Å². The van der Waals surface area contributed by atoms with Gasteiger partial charge in [-0.3, -0.25) is 5.10 Å². The Hall–Kier alpha value is -0.740. The summed E-state index contributed by atoms with van der Waals surface area (Å²) < 4.78 is 28.0. The van der Waals surface area contributed by atoms with Gasteiger partial charge in [-0.05, 0) is 28.5 Å². The van der Waals surface area contributed by atoms with E-state index in [1.54, 1.807) is 0 Å².